The Bertz CT molecular complexity index is 866. The highest BCUT2D eigenvalue weighted by Gasteiger charge is 2.37. The third-order valence-corrected chi connectivity index (χ3v) is 6.64. The van der Waals surface area contributed by atoms with Crippen molar-refractivity contribution in [2.24, 2.45) is 5.41 Å². The van der Waals surface area contributed by atoms with Crippen LogP contribution in [0.3, 0.4) is 0 Å². The average Bonchev–Trinajstić information content (AvgIpc) is 3.30. The molecule has 0 radical (unpaired) electrons. The lowest BCUT2D eigenvalue weighted by atomic mass is 9.94. The van der Waals surface area contributed by atoms with E-state index in [0.29, 0.717) is 11.3 Å². The monoisotopic (exact) mass is 516 g/mol. The molecule has 1 heterocycles. The summed E-state index contributed by atoms with van der Waals surface area (Å²) in [6.45, 7) is 2.86. The molecule has 3 rings (SSSR count). The number of benzene rings is 1. The molecule has 4 atom stereocenters. The Labute approximate surface area is 211 Å². The fraction of sp³-hybridized carbons (Fsp3) is 0.731. The molecular formula is C26H39F3N2O5. The highest BCUT2D eigenvalue weighted by atomic mass is 19.1. The maximum Gasteiger partial charge on any atom is 0.219 e. The van der Waals surface area contributed by atoms with Crippen LogP contribution in [0, 0.1) is 11.2 Å². The first-order chi connectivity index (χ1) is 17.0. The zero-order valence-corrected chi connectivity index (χ0v) is 21.3. The van der Waals surface area contributed by atoms with E-state index in [1.165, 1.54) is 26.0 Å². The molecule has 1 aliphatic carbocycles. The minimum atomic E-state index is -1.68. The Hall–Kier alpha value is -1.88. The molecule has 0 unspecified atom stereocenters. The van der Waals surface area contributed by atoms with E-state index in [1.807, 2.05) is 0 Å². The zero-order chi connectivity index (χ0) is 26.3. The van der Waals surface area contributed by atoms with Crippen molar-refractivity contribution in [1.82, 2.24) is 10.6 Å². The van der Waals surface area contributed by atoms with Crippen LogP contribution in [-0.2, 0) is 20.7 Å². The number of halogens is 3. The predicted molar refractivity (Wildman–Crippen MR) is 129 cm³/mol. The smallest absolute Gasteiger partial charge is 0.219 e. The van der Waals surface area contributed by atoms with E-state index < -0.39 is 42.5 Å². The Morgan fingerprint density at radius 2 is 1.94 bits per heavy atom. The van der Waals surface area contributed by atoms with Crippen LogP contribution in [0.1, 0.15) is 58.4 Å². The van der Waals surface area contributed by atoms with Crippen LogP contribution < -0.4 is 15.4 Å². The first kappa shape index (κ1) is 28.7. The van der Waals surface area contributed by atoms with Gasteiger partial charge in [0, 0.05) is 37.3 Å². The summed E-state index contributed by atoms with van der Waals surface area (Å²) in [5.74, 6) is -0.505. The van der Waals surface area contributed by atoms with Gasteiger partial charge in [-0.2, -0.15) is 0 Å². The van der Waals surface area contributed by atoms with Crippen LogP contribution in [0.2, 0.25) is 0 Å². The Kier molecular flexibility index (Phi) is 10.0. The van der Waals surface area contributed by atoms with Crippen LogP contribution in [0.15, 0.2) is 18.2 Å². The van der Waals surface area contributed by atoms with Gasteiger partial charge in [0.1, 0.15) is 17.3 Å². The van der Waals surface area contributed by atoms with Gasteiger partial charge in [0.05, 0.1) is 38.7 Å². The lowest BCUT2D eigenvalue weighted by Crippen LogP contribution is -2.59. The fourth-order valence-electron chi connectivity index (χ4n) is 4.79. The molecule has 2 aliphatic rings. The number of hydrogen-bond acceptors (Lipinski definition) is 6. The molecule has 1 aliphatic heterocycles. The molecule has 36 heavy (non-hydrogen) atoms. The van der Waals surface area contributed by atoms with Crippen molar-refractivity contribution < 1.29 is 37.3 Å². The predicted octanol–water partition coefficient (Wildman–Crippen LogP) is 3.57. The molecular weight excluding hydrogens is 477 g/mol. The molecule has 0 aromatic heterocycles. The van der Waals surface area contributed by atoms with Gasteiger partial charge in [0.25, 0.3) is 0 Å². The van der Waals surface area contributed by atoms with Crippen molar-refractivity contribution in [2.45, 2.75) is 89.5 Å². The standard InChI is InChI=1S/C26H39F3N2O5/c1-17-24(35-16-25(3,14-27)15-28)34-13-21(30-17)12-26(33,31-18(2)32)11-19-8-20(29)10-23(9-19)36-22-6-4-5-7-22/h8-10,17,21-22,24,30,33H,4-7,11-16H2,1-3H3,(H,31,32)/t17-,21+,24-,26+/m0/s1. The highest BCUT2D eigenvalue weighted by Crippen LogP contribution is 2.28. The Balaban J connectivity index is 1.63. The van der Waals surface area contributed by atoms with Gasteiger partial charge in [-0.1, -0.05) is 6.92 Å². The third-order valence-electron chi connectivity index (χ3n) is 6.64. The SMILES string of the molecule is CC(=O)N[C@@](O)(Cc1cc(F)cc(OC2CCCC2)c1)C[C@@H]1CO[C@@H](OCC(C)(CF)CF)[C@H](C)N1. The van der Waals surface area contributed by atoms with Crippen molar-refractivity contribution in [3.05, 3.63) is 29.6 Å². The van der Waals surface area contributed by atoms with Gasteiger partial charge in [-0.3, -0.25) is 13.6 Å². The van der Waals surface area contributed by atoms with Gasteiger partial charge in [0.15, 0.2) is 6.29 Å². The second kappa shape index (κ2) is 12.6. The van der Waals surface area contributed by atoms with Gasteiger partial charge in [-0.05, 0) is 50.3 Å². The molecule has 0 spiro atoms. The van der Waals surface area contributed by atoms with Crippen molar-refractivity contribution in [2.75, 3.05) is 26.6 Å². The molecule has 1 amide bonds. The van der Waals surface area contributed by atoms with Crippen LogP contribution in [0.25, 0.3) is 0 Å². The first-order valence-electron chi connectivity index (χ1n) is 12.6. The van der Waals surface area contributed by atoms with Gasteiger partial charge in [0.2, 0.25) is 5.91 Å². The van der Waals surface area contributed by atoms with E-state index in [-0.39, 0.29) is 44.2 Å². The molecule has 1 saturated heterocycles. The first-order valence-corrected chi connectivity index (χ1v) is 12.6. The summed E-state index contributed by atoms with van der Waals surface area (Å²) < 4.78 is 57.9. The molecule has 2 fully saturated rings. The van der Waals surface area contributed by atoms with E-state index >= 15 is 0 Å². The van der Waals surface area contributed by atoms with Crippen LogP contribution in [0.4, 0.5) is 13.2 Å². The van der Waals surface area contributed by atoms with Gasteiger partial charge in [-0.25, -0.2) is 4.39 Å². The number of nitrogens with one attached hydrogen (secondary N) is 2. The molecule has 204 valence electrons. The van der Waals surface area contributed by atoms with Gasteiger partial charge in [-0.15, -0.1) is 0 Å². The highest BCUT2D eigenvalue weighted by molar-refractivity contribution is 5.73. The van der Waals surface area contributed by atoms with Crippen molar-refractivity contribution >= 4 is 5.91 Å². The number of amides is 1. The Morgan fingerprint density at radius 3 is 2.56 bits per heavy atom. The number of hydrogen-bond donors (Lipinski definition) is 3. The van der Waals surface area contributed by atoms with E-state index in [4.69, 9.17) is 14.2 Å². The number of carbonyl (C=O) groups excluding carboxylic acids is 1. The van der Waals surface area contributed by atoms with Crippen LogP contribution in [-0.4, -0.2) is 67.8 Å². The Morgan fingerprint density at radius 1 is 1.25 bits per heavy atom. The van der Waals surface area contributed by atoms with E-state index in [0.717, 1.165) is 25.7 Å². The van der Waals surface area contributed by atoms with E-state index in [2.05, 4.69) is 10.6 Å². The lowest BCUT2D eigenvalue weighted by Gasteiger charge is -2.40. The average molecular weight is 517 g/mol. The van der Waals surface area contributed by atoms with Crippen molar-refractivity contribution in [1.29, 1.82) is 0 Å². The second-order valence-corrected chi connectivity index (χ2v) is 10.7. The molecule has 1 aromatic rings. The second-order valence-electron chi connectivity index (χ2n) is 10.7. The topological polar surface area (TPSA) is 89.1 Å². The maximum absolute atomic E-state index is 14.4. The van der Waals surface area contributed by atoms with E-state index in [9.17, 15) is 23.1 Å². The largest absolute Gasteiger partial charge is 0.490 e. The maximum atomic E-state index is 14.4. The fourth-order valence-corrected chi connectivity index (χ4v) is 4.79. The number of rotatable bonds is 12. The summed E-state index contributed by atoms with van der Waals surface area (Å²) in [5, 5.41) is 17.2. The summed E-state index contributed by atoms with van der Waals surface area (Å²) in [4.78, 5) is 11.9. The van der Waals surface area contributed by atoms with Gasteiger partial charge < -0.3 is 30.0 Å². The molecule has 7 nitrogen and oxygen atoms in total. The molecule has 0 bridgehead atoms. The number of alkyl halides is 2. The van der Waals surface area contributed by atoms with Crippen molar-refractivity contribution in [3.8, 4) is 5.75 Å². The van der Waals surface area contributed by atoms with E-state index in [1.54, 1.807) is 13.0 Å². The number of carbonyl (C=O) groups is 1. The summed E-state index contributed by atoms with van der Waals surface area (Å²) in [5.41, 5.74) is -2.42. The third kappa shape index (κ3) is 8.33. The minimum Gasteiger partial charge on any atom is -0.490 e. The minimum absolute atomic E-state index is 0.0385. The number of aliphatic hydroxyl groups is 1. The molecule has 1 aromatic carbocycles. The van der Waals surface area contributed by atoms with Crippen LogP contribution >= 0.6 is 0 Å². The molecule has 3 N–H and O–H groups in total. The molecule has 1 saturated carbocycles. The number of ether oxygens (including phenoxy) is 3. The normalized spacial score (nSPS) is 24.9. The summed E-state index contributed by atoms with van der Waals surface area (Å²) in [6.07, 6.45) is 3.40. The quantitative estimate of drug-likeness (QED) is 0.368. The summed E-state index contributed by atoms with van der Waals surface area (Å²) in [7, 11) is 0. The van der Waals surface area contributed by atoms with Crippen LogP contribution in [0.5, 0.6) is 5.75 Å². The zero-order valence-electron chi connectivity index (χ0n) is 21.3. The lowest BCUT2D eigenvalue weighted by molar-refractivity contribution is -0.202. The number of morpholine rings is 1. The van der Waals surface area contributed by atoms with Gasteiger partial charge >= 0.3 is 0 Å². The summed E-state index contributed by atoms with van der Waals surface area (Å²) in [6, 6.07) is 3.63. The molecule has 10 heteroatoms. The van der Waals surface area contributed by atoms with Crippen molar-refractivity contribution in [3.63, 3.8) is 0 Å². The summed E-state index contributed by atoms with van der Waals surface area (Å²) >= 11 is 0.